The Kier molecular flexibility index (Phi) is 3.07. The summed E-state index contributed by atoms with van der Waals surface area (Å²) < 4.78 is 5.09. The van der Waals surface area contributed by atoms with Gasteiger partial charge in [-0.15, -0.1) is 0 Å². The second-order valence-corrected chi connectivity index (χ2v) is 5.03. The van der Waals surface area contributed by atoms with Crippen LogP contribution in [0.3, 0.4) is 0 Å². The van der Waals surface area contributed by atoms with E-state index in [1.54, 1.807) is 6.26 Å². The van der Waals surface area contributed by atoms with E-state index in [9.17, 15) is 0 Å². The Labute approximate surface area is 107 Å². The van der Waals surface area contributed by atoms with E-state index < -0.39 is 0 Å². The Morgan fingerprint density at radius 1 is 1.33 bits per heavy atom. The minimum absolute atomic E-state index is 0.513. The molecule has 0 aliphatic carbocycles. The molecule has 94 valence electrons. The van der Waals surface area contributed by atoms with Crippen molar-refractivity contribution in [3.8, 4) is 0 Å². The lowest BCUT2D eigenvalue weighted by Gasteiger charge is -2.20. The van der Waals surface area contributed by atoms with E-state index in [1.807, 2.05) is 12.3 Å². The minimum Gasteiger partial charge on any atom is -0.472 e. The molecule has 1 aliphatic heterocycles. The van der Waals surface area contributed by atoms with E-state index in [-0.39, 0.29) is 0 Å². The molecule has 0 saturated carbocycles. The summed E-state index contributed by atoms with van der Waals surface area (Å²) in [5, 5.41) is 3.58. The predicted molar refractivity (Wildman–Crippen MR) is 72.6 cm³/mol. The summed E-state index contributed by atoms with van der Waals surface area (Å²) in [7, 11) is 2.15. The third-order valence-electron chi connectivity index (χ3n) is 3.41. The molecular formula is C15H18N2O. The Bertz CT molecular complexity index is 482. The van der Waals surface area contributed by atoms with Gasteiger partial charge in [-0.2, -0.15) is 0 Å². The van der Waals surface area contributed by atoms with Crippen LogP contribution in [0.2, 0.25) is 0 Å². The lowest BCUT2D eigenvalue weighted by Crippen LogP contribution is -2.32. The van der Waals surface area contributed by atoms with Crippen LogP contribution in [0.25, 0.3) is 0 Å². The number of para-hydroxylation sites is 1. The number of likely N-dealkylation sites (N-methyl/N-ethyl adjacent to an activating group) is 1. The van der Waals surface area contributed by atoms with Crippen LogP contribution >= 0.6 is 0 Å². The van der Waals surface area contributed by atoms with Crippen molar-refractivity contribution in [2.45, 2.75) is 19.0 Å². The van der Waals surface area contributed by atoms with Crippen molar-refractivity contribution in [2.24, 2.45) is 0 Å². The van der Waals surface area contributed by atoms with Gasteiger partial charge in [0.05, 0.1) is 12.5 Å². The predicted octanol–water partition coefficient (Wildman–Crippen LogP) is 2.75. The highest BCUT2D eigenvalue weighted by Gasteiger charge is 2.20. The van der Waals surface area contributed by atoms with E-state index in [2.05, 4.69) is 41.5 Å². The molecule has 0 fully saturated rings. The van der Waals surface area contributed by atoms with Crippen LogP contribution in [-0.4, -0.2) is 24.5 Å². The van der Waals surface area contributed by atoms with Gasteiger partial charge in [-0.1, -0.05) is 18.2 Å². The molecule has 1 atom stereocenters. The molecular weight excluding hydrogens is 224 g/mol. The molecule has 2 aromatic rings. The van der Waals surface area contributed by atoms with Crippen molar-refractivity contribution in [2.75, 3.05) is 18.9 Å². The number of nitrogens with zero attached hydrogens (tertiary/aromatic N) is 1. The molecule has 1 aliphatic rings. The van der Waals surface area contributed by atoms with Crippen molar-refractivity contribution >= 4 is 5.69 Å². The number of benzene rings is 1. The van der Waals surface area contributed by atoms with Gasteiger partial charge in [-0.05, 0) is 31.2 Å². The summed E-state index contributed by atoms with van der Waals surface area (Å²) in [4.78, 5) is 2.33. The third kappa shape index (κ3) is 2.41. The van der Waals surface area contributed by atoms with Crippen molar-refractivity contribution < 1.29 is 4.42 Å². The zero-order valence-electron chi connectivity index (χ0n) is 10.6. The monoisotopic (exact) mass is 242 g/mol. The first-order valence-corrected chi connectivity index (χ1v) is 6.35. The van der Waals surface area contributed by atoms with E-state index in [1.165, 1.54) is 16.8 Å². The van der Waals surface area contributed by atoms with Gasteiger partial charge in [0, 0.05) is 30.4 Å². The first-order chi connectivity index (χ1) is 8.81. The molecule has 3 rings (SSSR count). The van der Waals surface area contributed by atoms with Gasteiger partial charge in [0.15, 0.2) is 0 Å². The SMILES string of the molecule is CN(Cc1ccoc1)CC1Cc2ccccc2N1. The number of nitrogens with one attached hydrogen (secondary N) is 1. The lowest BCUT2D eigenvalue weighted by atomic mass is 10.1. The van der Waals surface area contributed by atoms with Crippen molar-refractivity contribution in [3.05, 3.63) is 54.0 Å². The average Bonchev–Trinajstić information content (AvgIpc) is 2.96. The Balaban J connectivity index is 1.56. The normalized spacial score (nSPS) is 17.8. The lowest BCUT2D eigenvalue weighted by molar-refractivity contribution is 0.311. The highest BCUT2D eigenvalue weighted by molar-refractivity contribution is 5.56. The fourth-order valence-corrected chi connectivity index (χ4v) is 2.62. The number of furan rings is 1. The van der Waals surface area contributed by atoms with Gasteiger partial charge in [0.2, 0.25) is 0 Å². The van der Waals surface area contributed by atoms with Crippen LogP contribution in [0.1, 0.15) is 11.1 Å². The molecule has 18 heavy (non-hydrogen) atoms. The molecule has 2 heterocycles. The van der Waals surface area contributed by atoms with Crippen molar-refractivity contribution in [3.63, 3.8) is 0 Å². The van der Waals surface area contributed by atoms with Gasteiger partial charge >= 0.3 is 0 Å². The maximum Gasteiger partial charge on any atom is 0.0947 e. The topological polar surface area (TPSA) is 28.4 Å². The maximum absolute atomic E-state index is 5.09. The van der Waals surface area contributed by atoms with E-state index in [0.717, 1.165) is 19.5 Å². The second-order valence-electron chi connectivity index (χ2n) is 5.03. The molecule has 1 aromatic carbocycles. The molecule has 0 bridgehead atoms. The summed E-state index contributed by atoms with van der Waals surface area (Å²) >= 11 is 0. The van der Waals surface area contributed by atoms with Crippen LogP contribution in [0.15, 0.2) is 47.3 Å². The number of fused-ring (bicyclic) bond motifs is 1. The zero-order valence-corrected chi connectivity index (χ0v) is 10.6. The summed E-state index contributed by atoms with van der Waals surface area (Å²) in [6.07, 6.45) is 4.66. The molecule has 3 heteroatoms. The Hall–Kier alpha value is -1.74. The van der Waals surface area contributed by atoms with Crippen LogP contribution < -0.4 is 5.32 Å². The first-order valence-electron chi connectivity index (χ1n) is 6.35. The van der Waals surface area contributed by atoms with E-state index >= 15 is 0 Å². The van der Waals surface area contributed by atoms with Crippen LogP contribution in [0.5, 0.6) is 0 Å². The van der Waals surface area contributed by atoms with Gasteiger partial charge in [-0.3, -0.25) is 4.90 Å². The average molecular weight is 242 g/mol. The zero-order chi connectivity index (χ0) is 12.4. The molecule has 1 N–H and O–H groups in total. The van der Waals surface area contributed by atoms with Crippen LogP contribution in [0, 0.1) is 0 Å². The quantitative estimate of drug-likeness (QED) is 0.893. The number of rotatable bonds is 4. The van der Waals surface area contributed by atoms with Crippen molar-refractivity contribution in [1.82, 2.24) is 4.90 Å². The summed E-state index contributed by atoms with van der Waals surface area (Å²) in [6, 6.07) is 11.1. The van der Waals surface area contributed by atoms with Gasteiger partial charge in [0.1, 0.15) is 0 Å². The standard InChI is InChI=1S/C15H18N2O/c1-17(9-12-6-7-18-11-12)10-14-8-13-4-2-3-5-15(13)16-14/h2-7,11,14,16H,8-10H2,1H3. The largest absolute Gasteiger partial charge is 0.472 e. The van der Waals surface area contributed by atoms with E-state index in [4.69, 9.17) is 4.42 Å². The van der Waals surface area contributed by atoms with Gasteiger partial charge in [-0.25, -0.2) is 0 Å². The summed E-state index contributed by atoms with van der Waals surface area (Å²) in [5.41, 5.74) is 3.95. The van der Waals surface area contributed by atoms with E-state index in [0.29, 0.717) is 6.04 Å². The number of anilines is 1. The van der Waals surface area contributed by atoms with Crippen molar-refractivity contribution in [1.29, 1.82) is 0 Å². The molecule has 0 spiro atoms. The first kappa shape index (κ1) is 11.4. The van der Waals surface area contributed by atoms with Crippen LogP contribution in [0.4, 0.5) is 5.69 Å². The number of hydrogen-bond donors (Lipinski definition) is 1. The highest BCUT2D eigenvalue weighted by Crippen LogP contribution is 2.25. The fraction of sp³-hybridized carbons (Fsp3) is 0.333. The maximum atomic E-state index is 5.09. The minimum atomic E-state index is 0.513. The molecule has 1 aromatic heterocycles. The summed E-state index contributed by atoms with van der Waals surface area (Å²) in [6.45, 7) is 1.98. The molecule has 0 radical (unpaired) electrons. The second kappa shape index (κ2) is 4.86. The molecule has 0 saturated heterocycles. The molecule has 0 amide bonds. The fourth-order valence-electron chi connectivity index (χ4n) is 2.62. The Morgan fingerprint density at radius 3 is 3.00 bits per heavy atom. The van der Waals surface area contributed by atoms with Crippen LogP contribution in [-0.2, 0) is 13.0 Å². The van der Waals surface area contributed by atoms with Gasteiger partial charge < -0.3 is 9.73 Å². The molecule has 3 nitrogen and oxygen atoms in total. The number of hydrogen-bond acceptors (Lipinski definition) is 3. The smallest absolute Gasteiger partial charge is 0.0947 e. The summed E-state index contributed by atoms with van der Waals surface area (Å²) in [5.74, 6) is 0. The highest BCUT2D eigenvalue weighted by atomic mass is 16.3. The van der Waals surface area contributed by atoms with Gasteiger partial charge in [0.25, 0.3) is 0 Å². The Morgan fingerprint density at radius 2 is 2.22 bits per heavy atom. The third-order valence-corrected chi connectivity index (χ3v) is 3.41. The molecule has 1 unspecified atom stereocenters.